The fourth-order valence-electron chi connectivity index (χ4n) is 2.23. The third-order valence-corrected chi connectivity index (χ3v) is 4.50. The first-order chi connectivity index (χ1) is 8.77. The number of rotatable bonds is 5. The van der Waals surface area contributed by atoms with Gasteiger partial charge in [-0.25, -0.2) is 0 Å². The highest BCUT2D eigenvalue weighted by Gasteiger charge is 2.38. The molecule has 0 unspecified atom stereocenters. The van der Waals surface area contributed by atoms with Crippen molar-refractivity contribution in [2.24, 2.45) is 11.1 Å². The van der Waals surface area contributed by atoms with Crippen LogP contribution in [0, 0.1) is 5.41 Å². The Balaban J connectivity index is 1.82. The van der Waals surface area contributed by atoms with E-state index in [1.165, 1.54) is 4.88 Å². The van der Waals surface area contributed by atoms with Crippen LogP contribution in [0.15, 0.2) is 17.5 Å². The van der Waals surface area contributed by atoms with Gasteiger partial charge in [0, 0.05) is 31.2 Å². The van der Waals surface area contributed by atoms with Gasteiger partial charge in [0.05, 0.1) is 5.41 Å². The number of ether oxygens (including phenoxy) is 1. The molecule has 1 fully saturated rings. The molecule has 3 N–H and O–H groups in total. The number of hydrogen-bond acceptors (Lipinski definition) is 4. The first-order valence-corrected chi connectivity index (χ1v) is 7.23. The molecule has 0 aromatic carbocycles. The highest BCUT2D eigenvalue weighted by atomic mass is 32.1. The van der Waals surface area contributed by atoms with Crippen molar-refractivity contribution in [2.75, 3.05) is 26.3 Å². The average molecular weight is 268 g/mol. The zero-order valence-corrected chi connectivity index (χ0v) is 11.3. The van der Waals surface area contributed by atoms with E-state index in [1.54, 1.807) is 11.3 Å². The van der Waals surface area contributed by atoms with Crippen LogP contribution in [0.4, 0.5) is 0 Å². The van der Waals surface area contributed by atoms with E-state index in [4.69, 9.17) is 10.5 Å². The van der Waals surface area contributed by atoms with Crippen molar-refractivity contribution in [2.45, 2.75) is 19.3 Å². The van der Waals surface area contributed by atoms with Crippen LogP contribution in [0.2, 0.25) is 0 Å². The maximum Gasteiger partial charge on any atom is 0.227 e. The smallest absolute Gasteiger partial charge is 0.227 e. The van der Waals surface area contributed by atoms with Gasteiger partial charge in [-0.15, -0.1) is 11.3 Å². The molecule has 5 heteroatoms. The van der Waals surface area contributed by atoms with Crippen LogP contribution in [-0.4, -0.2) is 32.2 Å². The quantitative estimate of drug-likeness (QED) is 0.842. The molecule has 1 aromatic rings. The summed E-state index contributed by atoms with van der Waals surface area (Å²) in [5.41, 5.74) is 5.38. The molecule has 0 atom stereocenters. The molecule has 0 radical (unpaired) electrons. The molecule has 1 aliphatic heterocycles. The molecule has 1 saturated heterocycles. The number of carbonyl (C=O) groups is 1. The lowest BCUT2D eigenvalue weighted by Gasteiger charge is -2.34. The molecule has 0 bridgehead atoms. The first kappa shape index (κ1) is 13.5. The van der Waals surface area contributed by atoms with Gasteiger partial charge < -0.3 is 15.8 Å². The summed E-state index contributed by atoms with van der Waals surface area (Å²) in [4.78, 5) is 13.5. The Bertz CT molecular complexity index is 372. The Hall–Kier alpha value is -0.910. The maximum absolute atomic E-state index is 12.2. The maximum atomic E-state index is 12.2. The van der Waals surface area contributed by atoms with Crippen molar-refractivity contribution in [1.29, 1.82) is 0 Å². The summed E-state index contributed by atoms with van der Waals surface area (Å²) in [5.74, 6) is 0.0878. The summed E-state index contributed by atoms with van der Waals surface area (Å²) < 4.78 is 5.31. The van der Waals surface area contributed by atoms with Crippen LogP contribution in [0.1, 0.15) is 17.7 Å². The lowest BCUT2D eigenvalue weighted by Crippen LogP contribution is -2.49. The summed E-state index contributed by atoms with van der Waals surface area (Å²) in [6.07, 6.45) is 2.35. The zero-order valence-electron chi connectivity index (χ0n) is 10.5. The van der Waals surface area contributed by atoms with Crippen LogP contribution in [0.5, 0.6) is 0 Å². The van der Waals surface area contributed by atoms with Gasteiger partial charge in [-0.2, -0.15) is 0 Å². The predicted molar refractivity (Wildman–Crippen MR) is 72.6 cm³/mol. The molecule has 100 valence electrons. The lowest BCUT2D eigenvalue weighted by atomic mass is 9.79. The van der Waals surface area contributed by atoms with Crippen molar-refractivity contribution in [3.63, 3.8) is 0 Å². The summed E-state index contributed by atoms with van der Waals surface area (Å²) >= 11 is 1.72. The predicted octanol–water partition coefficient (Wildman–Crippen LogP) is 1.16. The van der Waals surface area contributed by atoms with Gasteiger partial charge >= 0.3 is 0 Å². The molecule has 2 rings (SSSR count). The van der Waals surface area contributed by atoms with E-state index in [1.807, 2.05) is 6.07 Å². The Kier molecular flexibility index (Phi) is 4.74. The van der Waals surface area contributed by atoms with Crippen LogP contribution >= 0.6 is 11.3 Å². The van der Waals surface area contributed by atoms with Gasteiger partial charge in [0.2, 0.25) is 5.91 Å². The third kappa shape index (κ3) is 3.10. The Morgan fingerprint density at radius 2 is 2.28 bits per heavy atom. The van der Waals surface area contributed by atoms with E-state index in [0.717, 1.165) is 19.3 Å². The summed E-state index contributed by atoms with van der Waals surface area (Å²) in [5, 5.41) is 5.07. The van der Waals surface area contributed by atoms with Gasteiger partial charge in [0.1, 0.15) is 0 Å². The van der Waals surface area contributed by atoms with Crippen LogP contribution < -0.4 is 11.1 Å². The molecule has 4 nitrogen and oxygen atoms in total. The Labute approximate surface area is 112 Å². The van der Waals surface area contributed by atoms with E-state index in [-0.39, 0.29) is 5.91 Å². The van der Waals surface area contributed by atoms with Gasteiger partial charge in [0.25, 0.3) is 0 Å². The minimum Gasteiger partial charge on any atom is -0.381 e. The largest absolute Gasteiger partial charge is 0.381 e. The average Bonchev–Trinajstić information content (AvgIpc) is 2.92. The van der Waals surface area contributed by atoms with E-state index >= 15 is 0 Å². The third-order valence-electron chi connectivity index (χ3n) is 3.56. The zero-order chi connectivity index (χ0) is 12.8. The van der Waals surface area contributed by atoms with Gasteiger partial charge in [0.15, 0.2) is 0 Å². The molecule has 0 aliphatic carbocycles. The van der Waals surface area contributed by atoms with Gasteiger partial charge in [-0.3, -0.25) is 4.79 Å². The SMILES string of the molecule is NCC1(C(=O)NCCc2cccs2)CCOCC1. The van der Waals surface area contributed by atoms with Crippen LogP contribution in [0.3, 0.4) is 0 Å². The molecule has 0 saturated carbocycles. The molecule has 0 spiro atoms. The normalized spacial score (nSPS) is 18.5. The molecular weight excluding hydrogens is 248 g/mol. The van der Waals surface area contributed by atoms with Gasteiger partial charge in [-0.1, -0.05) is 6.07 Å². The van der Waals surface area contributed by atoms with Crippen molar-refractivity contribution in [1.82, 2.24) is 5.32 Å². The van der Waals surface area contributed by atoms with Crippen molar-refractivity contribution < 1.29 is 9.53 Å². The number of nitrogens with two attached hydrogens (primary N) is 1. The first-order valence-electron chi connectivity index (χ1n) is 6.35. The standard InChI is InChI=1S/C13H20N2O2S/c14-10-13(4-7-17-8-5-13)12(16)15-6-3-11-2-1-9-18-11/h1-2,9H,3-8,10,14H2,(H,15,16). The molecule has 2 heterocycles. The Morgan fingerprint density at radius 1 is 1.50 bits per heavy atom. The minimum absolute atomic E-state index is 0.0878. The molecule has 18 heavy (non-hydrogen) atoms. The topological polar surface area (TPSA) is 64.4 Å². The van der Waals surface area contributed by atoms with Crippen LogP contribution in [-0.2, 0) is 16.0 Å². The van der Waals surface area contributed by atoms with E-state index in [9.17, 15) is 4.79 Å². The number of nitrogens with one attached hydrogen (secondary N) is 1. The van der Waals surface area contributed by atoms with Crippen molar-refractivity contribution in [3.8, 4) is 0 Å². The summed E-state index contributed by atoms with van der Waals surface area (Å²) in [6.45, 7) is 2.36. The number of thiophene rings is 1. The molecule has 1 amide bonds. The second-order valence-corrected chi connectivity index (χ2v) is 5.71. The highest BCUT2D eigenvalue weighted by molar-refractivity contribution is 7.09. The Morgan fingerprint density at radius 3 is 2.89 bits per heavy atom. The number of carbonyl (C=O) groups excluding carboxylic acids is 1. The summed E-state index contributed by atoms with van der Waals surface area (Å²) in [7, 11) is 0. The lowest BCUT2D eigenvalue weighted by molar-refractivity contribution is -0.135. The van der Waals surface area contributed by atoms with E-state index < -0.39 is 5.41 Å². The fourth-order valence-corrected chi connectivity index (χ4v) is 2.94. The van der Waals surface area contributed by atoms with Crippen molar-refractivity contribution >= 4 is 17.2 Å². The van der Waals surface area contributed by atoms with Gasteiger partial charge in [-0.05, 0) is 30.7 Å². The van der Waals surface area contributed by atoms with E-state index in [2.05, 4.69) is 16.8 Å². The molecule has 1 aliphatic rings. The monoisotopic (exact) mass is 268 g/mol. The van der Waals surface area contributed by atoms with Crippen LogP contribution in [0.25, 0.3) is 0 Å². The fraction of sp³-hybridized carbons (Fsp3) is 0.615. The number of amides is 1. The highest BCUT2D eigenvalue weighted by Crippen LogP contribution is 2.29. The molecular formula is C13H20N2O2S. The minimum atomic E-state index is -0.409. The molecule has 1 aromatic heterocycles. The summed E-state index contributed by atoms with van der Waals surface area (Å²) in [6, 6.07) is 4.12. The second-order valence-electron chi connectivity index (χ2n) is 4.68. The number of hydrogen-bond donors (Lipinski definition) is 2. The van der Waals surface area contributed by atoms with E-state index in [0.29, 0.717) is 26.3 Å². The van der Waals surface area contributed by atoms with Crippen molar-refractivity contribution in [3.05, 3.63) is 22.4 Å². The second kappa shape index (κ2) is 6.31.